The molecule has 106 valence electrons. The molecule has 1 heterocycles. The van der Waals surface area contributed by atoms with Crippen LogP contribution in [0.4, 0.5) is 0 Å². The van der Waals surface area contributed by atoms with Gasteiger partial charge in [-0.25, -0.2) is 0 Å². The van der Waals surface area contributed by atoms with Crippen molar-refractivity contribution < 1.29 is 4.74 Å². The minimum Gasteiger partial charge on any atom is -0.378 e. The monoisotopic (exact) mass is 280 g/mol. The molecule has 0 aliphatic carbocycles. The summed E-state index contributed by atoms with van der Waals surface area (Å²) in [6, 6.07) is 8.84. The molecule has 2 atom stereocenters. The van der Waals surface area contributed by atoms with Crippen LogP contribution in [-0.4, -0.2) is 12.7 Å². The van der Waals surface area contributed by atoms with Gasteiger partial charge in [-0.1, -0.05) is 37.6 Å². The molecule has 0 saturated carbocycles. The van der Waals surface area contributed by atoms with Crippen LogP contribution in [0.3, 0.4) is 0 Å². The number of hydrogen-bond acceptors (Lipinski definition) is 1. The van der Waals surface area contributed by atoms with Crippen molar-refractivity contribution in [1.82, 2.24) is 0 Å². The van der Waals surface area contributed by atoms with E-state index in [4.69, 9.17) is 16.3 Å². The molecule has 0 N–H and O–H groups in total. The zero-order valence-corrected chi connectivity index (χ0v) is 12.7. The first-order valence-corrected chi connectivity index (χ1v) is 8.07. The highest BCUT2D eigenvalue weighted by Crippen LogP contribution is 2.29. The smallest absolute Gasteiger partial charge is 0.0586 e. The normalized spacial score (nSPS) is 20.6. The van der Waals surface area contributed by atoms with Crippen LogP contribution in [-0.2, 0) is 11.2 Å². The molecular weight excluding hydrogens is 256 g/mol. The maximum Gasteiger partial charge on any atom is 0.0586 e. The van der Waals surface area contributed by atoms with E-state index in [1.165, 1.54) is 43.2 Å². The minimum absolute atomic E-state index is 0.129. The van der Waals surface area contributed by atoms with Crippen LogP contribution in [0.2, 0.25) is 0 Å². The molecule has 0 amide bonds. The fourth-order valence-corrected chi connectivity index (χ4v) is 2.92. The van der Waals surface area contributed by atoms with Crippen molar-refractivity contribution in [2.24, 2.45) is 0 Å². The summed E-state index contributed by atoms with van der Waals surface area (Å²) in [5, 5.41) is 0.129. The fourth-order valence-electron chi connectivity index (χ4n) is 2.64. The van der Waals surface area contributed by atoms with Gasteiger partial charge in [0.1, 0.15) is 0 Å². The van der Waals surface area contributed by atoms with Gasteiger partial charge in [-0.05, 0) is 49.7 Å². The average molecular weight is 281 g/mol. The summed E-state index contributed by atoms with van der Waals surface area (Å²) in [7, 11) is 0. The third kappa shape index (κ3) is 4.81. The Bertz CT molecular complexity index is 354. The van der Waals surface area contributed by atoms with E-state index in [9.17, 15) is 0 Å². The Morgan fingerprint density at radius 2 is 2.11 bits per heavy atom. The van der Waals surface area contributed by atoms with Crippen LogP contribution >= 0.6 is 11.6 Å². The second-order valence-corrected chi connectivity index (χ2v) is 6.05. The minimum atomic E-state index is 0.129. The van der Waals surface area contributed by atoms with Gasteiger partial charge in [0.25, 0.3) is 0 Å². The lowest BCUT2D eigenvalue weighted by Crippen LogP contribution is -2.06. The van der Waals surface area contributed by atoms with Crippen LogP contribution in [0.5, 0.6) is 0 Å². The van der Waals surface area contributed by atoms with Gasteiger partial charge in [-0.15, -0.1) is 11.6 Å². The van der Waals surface area contributed by atoms with Crippen LogP contribution < -0.4 is 0 Å². The van der Waals surface area contributed by atoms with Gasteiger partial charge in [0.2, 0.25) is 0 Å². The van der Waals surface area contributed by atoms with E-state index in [2.05, 4.69) is 31.2 Å². The molecule has 0 radical (unpaired) electrons. The Kier molecular flexibility index (Phi) is 6.19. The number of alkyl halides is 1. The van der Waals surface area contributed by atoms with Gasteiger partial charge in [0.15, 0.2) is 0 Å². The molecule has 1 nitrogen and oxygen atoms in total. The molecule has 0 aromatic heterocycles. The Morgan fingerprint density at radius 1 is 1.32 bits per heavy atom. The van der Waals surface area contributed by atoms with Crippen molar-refractivity contribution in [2.75, 3.05) is 6.61 Å². The molecule has 1 aliphatic heterocycles. The van der Waals surface area contributed by atoms with Crippen molar-refractivity contribution in [1.29, 1.82) is 0 Å². The topological polar surface area (TPSA) is 9.23 Å². The van der Waals surface area contributed by atoms with E-state index in [-0.39, 0.29) is 5.38 Å². The standard InChI is InChI=1S/C17H25ClO/c1-2-3-5-14-7-9-15(10-8-14)17(18)12-11-16-6-4-13-19-16/h7-10,16-17H,2-6,11-13H2,1H3. The summed E-state index contributed by atoms with van der Waals surface area (Å²) in [5.74, 6) is 0. The van der Waals surface area contributed by atoms with E-state index >= 15 is 0 Å². The fraction of sp³-hybridized carbons (Fsp3) is 0.647. The Hall–Kier alpha value is -0.530. The largest absolute Gasteiger partial charge is 0.378 e. The van der Waals surface area contributed by atoms with Crippen LogP contribution in [0.1, 0.15) is 62.0 Å². The van der Waals surface area contributed by atoms with Crippen LogP contribution in [0.15, 0.2) is 24.3 Å². The summed E-state index contributed by atoms with van der Waals surface area (Å²) in [6.45, 7) is 3.16. The first kappa shape index (κ1) is 14.9. The van der Waals surface area contributed by atoms with Crippen LogP contribution in [0, 0.1) is 0 Å². The second-order valence-electron chi connectivity index (χ2n) is 5.53. The molecule has 2 heteroatoms. The number of unbranched alkanes of at least 4 members (excludes halogenated alkanes) is 1. The highest BCUT2D eigenvalue weighted by Gasteiger charge is 2.17. The quantitative estimate of drug-likeness (QED) is 0.618. The number of benzene rings is 1. The average Bonchev–Trinajstić information content (AvgIpc) is 2.96. The van der Waals surface area contributed by atoms with E-state index in [1.54, 1.807) is 0 Å². The van der Waals surface area contributed by atoms with Gasteiger partial charge in [0.05, 0.1) is 11.5 Å². The van der Waals surface area contributed by atoms with E-state index < -0.39 is 0 Å². The molecule has 1 aliphatic rings. The summed E-state index contributed by atoms with van der Waals surface area (Å²) in [5.41, 5.74) is 2.67. The Labute approximate surface area is 122 Å². The third-order valence-corrected chi connectivity index (χ3v) is 4.40. The van der Waals surface area contributed by atoms with Crippen molar-refractivity contribution in [3.05, 3.63) is 35.4 Å². The van der Waals surface area contributed by atoms with Gasteiger partial charge in [0, 0.05) is 6.61 Å². The molecule has 19 heavy (non-hydrogen) atoms. The number of aryl methyl sites for hydroxylation is 1. The van der Waals surface area contributed by atoms with E-state index in [1.807, 2.05) is 0 Å². The highest BCUT2D eigenvalue weighted by molar-refractivity contribution is 6.20. The molecule has 1 fully saturated rings. The molecule has 0 bridgehead atoms. The van der Waals surface area contributed by atoms with Gasteiger partial charge in [-0.2, -0.15) is 0 Å². The van der Waals surface area contributed by atoms with Crippen molar-refractivity contribution in [3.63, 3.8) is 0 Å². The Morgan fingerprint density at radius 3 is 2.74 bits per heavy atom. The first-order chi connectivity index (χ1) is 9.29. The summed E-state index contributed by atoms with van der Waals surface area (Å²) in [6.07, 6.45) is 8.67. The maximum absolute atomic E-state index is 6.49. The molecule has 2 rings (SSSR count). The lowest BCUT2D eigenvalue weighted by atomic mass is 10.0. The number of halogens is 1. The van der Waals surface area contributed by atoms with Crippen LogP contribution in [0.25, 0.3) is 0 Å². The summed E-state index contributed by atoms with van der Waals surface area (Å²) < 4.78 is 5.64. The SMILES string of the molecule is CCCCc1ccc(C(Cl)CCC2CCCO2)cc1. The van der Waals surface area contributed by atoms with E-state index in [0.717, 1.165) is 19.4 Å². The third-order valence-electron chi connectivity index (χ3n) is 3.93. The number of rotatable bonds is 7. The molecule has 1 saturated heterocycles. The van der Waals surface area contributed by atoms with Gasteiger partial charge < -0.3 is 4.74 Å². The second kappa shape index (κ2) is 7.91. The van der Waals surface area contributed by atoms with Crippen molar-refractivity contribution in [2.45, 2.75) is 63.4 Å². The number of ether oxygens (including phenoxy) is 1. The number of hydrogen-bond donors (Lipinski definition) is 0. The molecule has 1 aromatic rings. The molecule has 1 aromatic carbocycles. The van der Waals surface area contributed by atoms with Crippen molar-refractivity contribution >= 4 is 11.6 Å². The maximum atomic E-state index is 6.49. The zero-order chi connectivity index (χ0) is 13.5. The summed E-state index contributed by atoms with van der Waals surface area (Å²) >= 11 is 6.49. The lowest BCUT2D eigenvalue weighted by Gasteiger charge is -2.14. The predicted molar refractivity (Wildman–Crippen MR) is 81.9 cm³/mol. The highest BCUT2D eigenvalue weighted by atomic mass is 35.5. The Balaban J connectivity index is 1.79. The summed E-state index contributed by atoms with van der Waals surface area (Å²) in [4.78, 5) is 0. The molecule has 2 unspecified atom stereocenters. The van der Waals surface area contributed by atoms with Crippen molar-refractivity contribution in [3.8, 4) is 0 Å². The van der Waals surface area contributed by atoms with Gasteiger partial charge in [-0.3, -0.25) is 0 Å². The zero-order valence-electron chi connectivity index (χ0n) is 11.9. The van der Waals surface area contributed by atoms with Gasteiger partial charge >= 0.3 is 0 Å². The molecular formula is C17H25ClO. The first-order valence-electron chi connectivity index (χ1n) is 7.64. The molecule has 0 spiro atoms. The van der Waals surface area contributed by atoms with E-state index in [0.29, 0.717) is 6.10 Å². The predicted octanol–water partition coefficient (Wildman–Crippen LogP) is 5.27. The lowest BCUT2D eigenvalue weighted by molar-refractivity contribution is 0.102.